The van der Waals surface area contributed by atoms with Gasteiger partial charge in [-0.1, -0.05) is 18.6 Å². The van der Waals surface area contributed by atoms with Gasteiger partial charge in [0.05, 0.1) is 17.9 Å². The number of fused-ring (bicyclic) bond motifs is 1. The van der Waals surface area contributed by atoms with Crippen LogP contribution in [0.2, 0.25) is 0 Å². The molecule has 2 fully saturated rings. The van der Waals surface area contributed by atoms with Gasteiger partial charge in [-0.2, -0.15) is 0 Å². The molecule has 0 unspecified atom stereocenters. The van der Waals surface area contributed by atoms with E-state index in [-0.39, 0.29) is 11.9 Å². The highest BCUT2D eigenvalue weighted by molar-refractivity contribution is 5.94. The second kappa shape index (κ2) is 8.03. The first-order chi connectivity index (χ1) is 14.3. The first kappa shape index (κ1) is 18.4. The Morgan fingerprint density at radius 1 is 1.07 bits per heavy atom. The maximum Gasteiger partial charge on any atom is 0.241 e. The van der Waals surface area contributed by atoms with Crippen molar-refractivity contribution in [2.24, 2.45) is 0 Å². The minimum atomic E-state index is -0.137. The summed E-state index contributed by atoms with van der Waals surface area (Å²) in [7, 11) is 0. The minimum Gasteiger partial charge on any atom is -0.486 e. The second-order valence-corrected chi connectivity index (χ2v) is 8.19. The molecule has 1 aliphatic carbocycles. The van der Waals surface area contributed by atoms with Crippen molar-refractivity contribution in [1.29, 1.82) is 0 Å². The van der Waals surface area contributed by atoms with E-state index in [9.17, 15) is 4.79 Å². The molecule has 29 heavy (non-hydrogen) atoms. The summed E-state index contributed by atoms with van der Waals surface area (Å²) in [4.78, 5) is 19.8. The van der Waals surface area contributed by atoms with Gasteiger partial charge in [0.1, 0.15) is 13.2 Å². The van der Waals surface area contributed by atoms with E-state index in [0.717, 1.165) is 48.9 Å². The van der Waals surface area contributed by atoms with Gasteiger partial charge in [-0.25, -0.2) is 0 Å². The van der Waals surface area contributed by atoms with E-state index in [4.69, 9.17) is 9.47 Å². The van der Waals surface area contributed by atoms with Crippen LogP contribution in [0, 0.1) is 0 Å². The van der Waals surface area contributed by atoms with Crippen molar-refractivity contribution in [3.05, 3.63) is 47.8 Å². The van der Waals surface area contributed by atoms with E-state index >= 15 is 0 Å². The van der Waals surface area contributed by atoms with Gasteiger partial charge in [-0.05, 0) is 55.8 Å². The quantitative estimate of drug-likeness (QED) is 0.839. The van der Waals surface area contributed by atoms with Crippen LogP contribution in [0.15, 0.2) is 36.5 Å². The topological polar surface area (TPSA) is 63.7 Å². The Hall–Kier alpha value is -2.60. The number of hydrogen-bond acceptors (Lipinski definition) is 5. The number of nitrogens with one attached hydrogen (secondary N) is 1. The van der Waals surface area contributed by atoms with Crippen LogP contribution < -0.4 is 14.8 Å². The van der Waals surface area contributed by atoms with Gasteiger partial charge in [-0.15, -0.1) is 0 Å². The molecule has 152 valence electrons. The van der Waals surface area contributed by atoms with Crippen LogP contribution in [-0.4, -0.2) is 41.6 Å². The molecule has 6 heteroatoms. The van der Waals surface area contributed by atoms with Crippen molar-refractivity contribution in [3.63, 3.8) is 0 Å². The van der Waals surface area contributed by atoms with Crippen molar-refractivity contribution in [1.82, 2.24) is 9.88 Å². The summed E-state index contributed by atoms with van der Waals surface area (Å²) in [5.74, 6) is 2.24. The average Bonchev–Trinajstić information content (AvgIpc) is 3.60. The molecule has 1 aromatic heterocycles. The molecule has 0 radical (unpaired) electrons. The average molecular weight is 393 g/mol. The van der Waals surface area contributed by atoms with Crippen LogP contribution in [0.25, 0.3) is 0 Å². The van der Waals surface area contributed by atoms with Gasteiger partial charge < -0.3 is 14.8 Å². The molecule has 2 aliphatic heterocycles. The van der Waals surface area contributed by atoms with Crippen LogP contribution in [0.1, 0.15) is 49.3 Å². The van der Waals surface area contributed by atoms with E-state index in [1.165, 1.54) is 18.4 Å². The summed E-state index contributed by atoms with van der Waals surface area (Å²) in [6.07, 6.45) is 7.35. The van der Waals surface area contributed by atoms with Crippen LogP contribution >= 0.6 is 0 Å². The highest BCUT2D eigenvalue weighted by Crippen LogP contribution is 2.40. The molecule has 0 bridgehead atoms. The van der Waals surface area contributed by atoms with Crippen LogP contribution in [-0.2, 0) is 11.3 Å². The third-order valence-corrected chi connectivity index (χ3v) is 6.00. The molecule has 1 N–H and O–H groups in total. The number of carbonyl (C=O) groups excluding carboxylic acids is 1. The third-order valence-electron chi connectivity index (χ3n) is 6.00. The lowest BCUT2D eigenvalue weighted by Crippen LogP contribution is -2.46. The minimum absolute atomic E-state index is 0.0708. The lowest BCUT2D eigenvalue weighted by Gasteiger charge is -2.34. The number of carbonyl (C=O) groups is 1. The Balaban J connectivity index is 1.26. The number of benzene rings is 1. The van der Waals surface area contributed by atoms with E-state index < -0.39 is 0 Å². The maximum atomic E-state index is 13.0. The fourth-order valence-electron chi connectivity index (χ4n) is 4.24. The summed E-state index contributed by atoms with van der Waals surface area (Å²) >= 11 is 0. The number of anilines is 1. The van der Waals surface area contributed by atoms with Crippen molar-refractivity contribution in [2.45, 2.75) is 50.6 Å². The van der Waals surface area contributed by atoms with Gasteiger partial charge in [0.2, 0.25) is 5.91 Å². The molecule has 6 nitrogen and oxygen atoms in total. The SMILES string of the molecule is O=C(Nc1ccc(C2CC2)cc1)[C@H]1CCCCN1Cc1cc2c(cn1)OCCO2. The zero-order valence-corrected chi connectivity index (χ0v) is 16.6. The summed E-state index contributed by atoms with van der Waals surface area (Å²) in [5.41, 5.74) is 3.16. The van der Waals surface area contributed by atoms with Crippen LogP contribution in [0.4, 0.5) is 5.69 Å². The smallest absolute Gasteiger partial charge is 0.241 e. The Labute approximate surface area is 171 Å². The lowest BCUT2D eigenvalue weighted by molar-refractivity contribution is -0.122. The van der Waals surface area contributed by atoms with E-state index in [1.54, 1.807) is 6.20 Å². The number of likely N-dealkylation sites (tertiary alicyclic amines) is 1. The number of ether oxygens (including phenoxy) is 2. The van der Waals surface area contributed by atoms with Gasteiger partial charge in [0.15, 0.2) is 11.5 Å². The van der Waals surface area contributed by atoms with E-state index in [2.05, 4.69) is 27.3 Å². The molecular weight excluding hydrogens is 366 g/mol. The second-order valence-electron chi connectivity index (χ2n) is 8.19. The summed E-state index contributed by atoms with van der Waals surface area (Å²) < 4.78 is 11.2. The molecule has 1 saturated carbocycles. The molecule has 1 aromatic carbocycles. The molecule has 0 spiro atoms. The zero-order chi connectivity index (χ0) is 19.6. The van der Waals surface area contributed by atoms with Crippen LogP contribution in [0.3, 0.4) is 0 Å². The Bertz CT molecular complexity index is 879. The van der Waals surface area contributed by atoms with E-state index in [1.807, 2.05) is 18.2 Å². The fraction of sp³-hybridized carbons (Fsp3) is 0.478. The Morgan fingerprint density at radius 2 is 1.86 bits per heavy atom. The summed E-state index contributed by atoms with van der Waals surface area (Å²) in [6, 6.07) is 10.1. The van der Waals surface area contributed by atoms with Crippen molar-refractivity contribution in [2.75, 3.05) is 25.1 Å². The first-order valence-electron chi connectivity index (χ1n) is 10.7. The van der Waals surface area contributed by atoms with Crippen molar-refractivity contribution < 1.29 is 14.3 Å². The van der Waals surface area contributed by atoms with Gasteiger partial charge >= 0.3 is 0 Å². The van der Waals surface area contributed by atoms with Crippen LogP contribution in [0.5, 0.6) is 11.5 Å². The standard InChI is InChI=1S/C23H27N3O3/c27-23(25-18-8-6-17(7-9-18)16-4-5-16)20-3-1-2-10-26(20)15-19-13-21-22(14-24-19)29-12-11-28-21/h6-9,13-14,16,20H,1-5,10-12,15H2,(H,25,27)/t20-/m1/s1. The molecule has 3 heterocycles. The predicted molar refractivity (Wildman–Crippen MR) is 110 cm³/mol. The Kier molecular flexibility index (Phi) is 5.10. The molecule has 1 saturated heterocycles. The number of piperidine rings is 1. The van der Waals surface area contributed by atoms with Crippen molar-refractivity contribution in [3.8, 4) is 11.5 Å². The first-order valence-corrected chi connectivity index (χ1v) is 10.7. The van der Waals surface area contributed by atoms with E-state index in [0.29, 0.717) is 25.5 Å². The zero-order valence-electron chi connectivity index (χ0n) is 16.6. The number of nitrogens with zero attached hydrogens (tertiary/aromatic N) is 2. The number of amides is 1. The normalized spacial score (nSPS) is 21.6. The molecule has 2 aromatic rings. The summed E-state index contributed by atoms with van der Waals surface area (Å²) in [6.45, 7) is 2.65. The Morgan fingerprint density at radius 3 is 2.66 bits per heavy atom. The largest absolute Gasteiger partial charge is 0.486 e. The fourth-order valence-corrected chi connectivity index (χ4v) is 4.24. The lowest BCUT2D eigenvalue weighted by atomic mass is 10.0. The third kappa shape index (κ3) is 4.22. The van der Waals surface area contributed by atoms with Gasteiger partial charge in [0, 0.05) is 18.3 Å². The molecule has 1 amide bonds. The molecular formula is C23H27N3O3. The highest BCUT2D eigenvalue weighted by Gasteiger charge is 2.29. The number of aromatic nitrogens is 1. The predicted octanol–water partition coefficient (Wildman–Crippen LogP) is 3.72. The highest BCUT2D eigenvalue weighted by atomic mass is 16.6. The van der Waals surface area contributed by atoms with Gasteiger partial charge in [0.25, 0.3) is 0 Å². The molecule has 5 rings (SSSR count). The number of pyridine rings is 1. The number of rotatable bonds is 5. The summed E-state index contributed by atoms with van der Waals surface area (Å²) in [5, 5.41) is 3.12. The van der Waals surface area contributed by atoms with Crippen molar-refractivity contribution >= 4 is 11.6 Å². The van der Waals surface area contributed by atoms with Gasteiger partial charge in [-0.3, -0.25) is 14.7 Å². The molecule has 1 atom stereocenters. The molecule has 3 aliphatic rings. The maximum absolute atomic E-state index is 13.0. The monoisotopic (exact) mass is 393 g/mol. The number of hydrogen-bond donors (Lipinski definition) is 1.